The number of rotatable bonds is 6. The highest BCUT2D eigenvalue weighted by Crippen LogP contribution is 2.29. The molecule has 4 heterocycles. The Labute approximate surface area is 201 Å². The van der Waals surface area contributed by atoms with Crippen molar-refractivity contribution >= 4 is 45.4 Å². The van der Waals surface area contributed by atoms with Gasteiger partial charge in [0, 0.05) is 35.8 Å². The standard InChI is InChI=1S/C26H25N3O2S2/c30-25(27-12-9-19-5-3-15-32-19)18-10-13-29(14-11-18)26(31)21-17-23(24-8-4-16-33-24)28-22-7-2-1-6-20(21)22/h1-8,15-18H,9-14H2,(H,27,30). The van der Waals surface area contributed by atoms with Gasteiger partial charge in [-0.3, -0.25) is 9.59 Å². The molecule has 0 aliphatic carbocycles. The van der Waals surface area contributed by atoms with E-state index in [0.717, 1.165) is 27.9 Å². The molecule has 4 aromatic rings. The van der Waals surface area contributed by atoms with Crippen molar-refractivity contribution in [3.8, 4) is 10.6 Å². The molecule has 0 unspecified atom stereocenters. The lowest BCUT2D eigenvalue weighted by Gasteiger charge is -2.31. The van der Waals surface area contributed by atoms with E-state index >= 15 is 0 Å². The number of thiophene rings is 2. The fourth-order valence-electron chi connectivity index (χ4n) is 4.33. The Morgan fingerprint density at radius 1 is 1.00 bits per heavy atom. The summed E-state index contributed by atoms with van der Waals surface area (Å²) < 4.78 is 0. The van der Waals surface area contributed by atoms with Gasteiger partial charge in [-0.25, -0.2) is 4.98 Å². The first kappa shape index (κ1) is 21.8. The van der Waals surface area contributed by atoms with E-state index in [2.05, 4.69) is 16.8 Å². The molecular formula is C26H25N3O2S2. The summed E-state index contributed by atoms with van der Waals surface area (Å²) in [6.45, 7) is 1.84. The molecule has 0 bridgehead atoms. The number of hydrogen-bond acceptors (Lipinski definition) is 5. The Morgan fingerprint density at radius 3 is 2.55 bits per heavy atom. The van der Waals surface area contributed by atoms with Crippen LogP contribution in [-0.2, 0) is 11.2 Å². The maximum Gasteiger partial charge on any atom is 0.254 e. The van der Waals surface area contributed by atoms with Gasteiger partial charge in [-0.05, 0) is 54.3 Å². The second-order valence-electron chi connectivity index (χ2n) is 8.24. The topological polar surface area (TPSA) is 62.3 Å². The van der Waals surface area contributed by atoms with Gasteiger partial charge in [-0.1, -0.05) is 30.3 Å². The SMILES string of the molecule is O=C(NCCc1cccs1)C1CCN(C(=O)c2cc(-c3cccs3)nc3ccccc23)CC1. The van der Waals surface area contributed by atoms with Crippen molar-refractivity contribution in [1.82, 2.24) is 15.2 Å². The number of pyridine rings is 1. The average Bonchev–Trinajstić information content (AvgIpc) is 3.58. The fourth-order valence-corrected chi connectivity index (χ4v) is 5.72. The first-order chi connectivity index (χ1) is 16.2. The number of carbonyl (C=O) groups excluding carboxylic acids is 2. The highest BCUT2D eigenvalue weighted by atomic mass is 32.1. The number of fused-ring (bicyclic) bond motifs is 1. The van der Waals surface area contributed by atoms with Gasteiger partial charge in [0.1, 0.15) is 0 Å². The quantitative estimate of drug-likeness (QED) is 0.415. The monoisotopic (exact) mass is 475 g/mol. The number of piperidine rings is 1. The zero-order valence-corrected chi connectivity index (χ0v) is 19.8. The molecule has 0 saturated carbocycles. The van der Waals surface area contributed by atoms with Gasteiger partial charge < -0.3 is 10.2 Å². The minimum atomic E-state index is -0.0340. The molecule has 1 N–H and O–H groups in total. The van der Waals surface area contributed by atoms with Crippen LogP contribution >= 0.6 is 22.7 Å². The molecule has 1 aromatic carbocycles. The lowest BCUT2D eigenvalue weighted by molar-refractivity contribution is -0.126. The van der Waals surface area contributed by atoms with Gasteiger partial charge in [-0.15, -0.1) is 22.7 Å². The molecule has 33 heavy (non-hydrogen) atoms. The van der Waals surface area contributed by atoms with E-state index in [-0.39, 0.29) is 17.7 Å². The van der Waals surface area contributed by atoms with Crippen LogP contribution in [0.15, 0.2) is 65.4 Å². The highest BCUT2D eigenvalue weighted by Gasteiger charge is 2.28. The van der Waals surface area contributed by atoms with Crippen molar-refractivity contribution in [2.45, 2.75) is 19.3 Å². The largest absolute Gasteiger partial charge is 0.355 e. The third-order valence-electron chi connectivity index (χ3n) is 6.12. The lowest BCUT2D eigenvalue weighted by atomic mass is 9.95. The van der Waals surface area contributed by atoms with E-state index in [0.29, 0.717) is 38.0 Å². The van der Waals surface area contributed by atoms with Crippen molar-refractivity contribution in [2.75, 3.05) is 19.6 Å². The molecule has 168 valence electrons. The zero-order valence-electron chi connectivity index (χ0n) is 18.2. The van der Waals surface area contributed by atoms with Crippen LogP contribution in [0.2, 0.25) is 0 Å². The second kappa shape index (κ2) is 9.85. The van der Waals surface area contributed by atoms with Gasteiger partial charge in [0.2, 0.25) is 5.91 Å². The second-order valence-corrected chi connectivity index (χ2v) is 10.2. The van der Waals surface area contributed by atoms with Crippen molar-refractivity contribution in [1.29, 1.82) is 0 Å². The molecule has 1 saturated heterocycles. The van der Waals surface area contributed by atoms with Gasteiger partial charge in [0.05, 0.1) is 21.7 Å². The van der Waals surface area contributed by atoms with Crippen molar-refractivity contribution in [3.63, 3.8) is 0 Å². The number of carbonyl (C=O) groups is 2. The molecule has 3 aromatic heterocycles. The average molecular weight is 476 g/mol. The van der Waals surface area contributed by atoms with Crippen LogP contribution in [0.4, 0.5) is 0 Å². The molecule has 5 nitrogen and oxygen atoms in total. The number of nitrogens with zero attached hydrogens (tertiary/aromatic N) is 2. The summed E-state index contributed by atoms with van der Waals surface area (Å²) in [5, 5.41) is 8.02. The summed E-state index contributed by atoms with van der Waals surface area (Å²) in [4.78, 5) is 35.1. The lowest BCUT2D eigenvalue weighted by Crippen LogP contribution is -2.43. The predicted octanol–water partition coefficient (Wildman–Crippen LogP) is 5.24. The summed E-state index contributed by atoms with van der Waals surface area (Å²) >= 11 is 3.33. The van der Waals surface area contributed by atoms with E-state index in [4.69, 9.17) is 4.98 Å². The van der Waals surface area contributed by atoms with Crippen LogP contribution in [-0.4, -0.2) is 41.3 Å². The predicted molar refractivity (Wildman–Crippen MR) is 135 cm³/mol. The summed E-state index contributed by atoms with van der Waals surface area (Å²) in [6, 6.07) is 17.9. The van der Waals surface area contributed by atoms with Crippen molar-refractivity contribution in [2.24, 2.45) is 5.92 Å². The highest BCUT2D eigenvalue weighted by molar-refractivity contribution is 7.13. The maximum absolute atomic E-state index is 13.5. The number of aromatic nitrogens is 1. The molecular weight excluding hydrogens is 450 g/mol. The number of benzene rings is 1. The van der Waals surface area contributed by atoms with Crippen LogP contribution < -0.4 is 5.32 Å². The Kier molecular flexibility index (Phi) is 6.51. The summed E-state index contributed by atoms with van der Waals surface area (Å²) in [5.41, 5.74) is 2.33. The molecule has 0 spiro atoms. The van der Waals surface area contributed by atoms with Crippen molar-refractivity contribution in [3.05, 3.63) is 75.8 Å². The number of para-hydroxylation sites is 1. The van der Waals surface area contributed by atoms with E-state index in [9.17, 15) is 9.59 Å². The minimum Gasteiger partial charge on any atom is -0.355 e. The fraction of sp³-hybridized carbons (Fsp3) is 0.269. The van der Waals surface area contributed by atoms with Crippen LogP contribution in [0, 0.1) is 5.92 Å². The molecule has 7 heteroatoms. The molecule has 0 atom stereocenters. The molecule has 2 amide bonds. The summed E-state index contributed by atoms with van der Waals surface area (Å²) in [7, 11) is 0. The van der Waals surface area contributed by atoms with E-state index in [1.807, 2.05) is 58.8 Å². The van der Waals surface area contributed by atoms with E-state index in [1.165, 1.54) is 4.88 Å². The number of amides is 2. The molecule has 0 radical (unpaired) electrons. The first-order valence-electron chi connectivity index (χ1n) is 11.2. The smallest absolute Gasteiger partial charge is 0.254 e. The van der Waals surface area contributed by atoms with Crippen LogP contribution in [0.3, 0.4) is 0 Å². The van der Waals surface area contributed by atoms with E-state index < -0.39 is 0 Å². The van der Waals surface area contributed by atoms with Crippen LogP contribution in [0.1, 0.15) is 28.1 Å². The third-order valence-corrected chi connectivity index (χ3v) is 7.95. The molecule has 1 aliphatic heterocycles. The Hall–Kier alpha value is -3.03. The first-order valence-corrected chi connectivity index (χ1v) is 13.0. The van der Waals surface area contributed by atoms with Crippen LogP contribution in [0.5, 0.6) is 0 Å². The van der Waals surface area contributed by atoms with Crippen molar-refractivity contribution < 1.29 is 9.59 Å². The normalized spacial score (nSPS) is 14.5. The Morgan fingerprint density at radius 2 is 1.79 bits per heavy atom. The molecule has 5 rings (SSSR count). The van der Waals surface area contributed by atoms with Gasteiger partial charge in [0.25, 0.3) is 5.91 Å². The molecule has 1 aliphatic rings. The van der Waals surface area contributed by atoms with Crippen LogP contribution in [0.25, 0.3) is 21.5 Å². The minimum absolute atomic E-state index is 0.0166. The van der Waals surface area contributed by atoms with Gasteiger partial charge >= 0.3 is 0 Å². The number of likely N-dealkylation sites (tertiary alicyclic amines) is 1. The molecule has 1 fully saturated rings. The maximum atomic E-state index is 13.5. The summed E-state index contributed by atoms with van der Waals surface area (Å²) in [6.07, 6.45) is 2.25. The van der Waals surface area contributed by atoms with Gasteiger partial charge in [0.15, 0.2) is 0 Å². The Bertz CT molecular complexity index is 1240. The van der Waals surface area contributed by atoms with Gasteiger partial charge in [-0.2, -0.15) is 0 Å². The Balaban J connectivity index is 1.26. The summed E-state index contributed by atoms with van der Waals surface area (Å²) in [5.74, 6) is 0.0872. The number of nitrogens with one attached hydrogen (secondary N) is 1. The van der Waals surface area contributed by atoms with E-state index in [1.54, 1.807) is 22.7 Å². The number of hydrogen-bond donors (Lipinski definition) is 1. The third kappa shape index (κ3) is 4.84. The zero-order chi connectivity index (χ0) is 22.6.